The normalized spacial score (nSPS) is 13.4. The van der Waals surface area contributed by atoms with Crippen molar-refractivity contribution in [1.29, 1.82) is 0 Å². The fourth-order valence-corrected chi connectivity index (χ4v) is 3.36. The molecule has 3 heterocycles. The van der Waals surface area contributed by atoms with Crippen molar-refractivity contribution < 1.29 is 14.0 Å². The van der Waals surface area contributed by atoms with Crippen LogP contribution in [0.15, 0.2) is 46.5 Å². The quantitative estimate of drug-likeness (QED) is 0.573. The highest BCUT2D eigenvalue weighted by molar-refractivity contribution is 8.93. The second-order valence-corrected chi connectivity index (χ2v) is 6.98. The van der Waals surface area contributed by atoms with Gasteiger partial charge in [-0.05, 0) is 49.6 Å². The summed E-state index contributed by atoms with van der Waals surface area (Å²) in [7, 11) is 0. The van der Waals surface area contributed by atoms with Crippen molar-refractivity contribution in [3.8, 4) is 0 Å². The number of aryl methyl sites for hydroxylation is 2. The number of halogens is 1. The predicted octanol–water partition coefficient (Wildman–Crippen LogP) is 4.32. The van der Waals surface area contributed by atoms with E-state index >= 15 is 0 Å². The summed E-state index contributed by atoms with van der Waals surface area (Å²) >= 11 is 0. The third-order valence-electron chi connectivity index (χ3n) is 4.96. The first-order valence-corrected chi connectivity index (χ1v) is 9.23. The summed E-state index contributed by atoms with van der Waals surface area (Å²) in [5.41, 5.74) is 4.26. The monoisotopic (exact) mass is 455 g/mol. The first kappa shape index (κ1) is 20.8. The molecule has 0 saturated heterocycles. The lowest BCUT2D eigenvalue weighted by atomic mass is 10.0. The Labute approximate surface area is 179 Å². The van der Waals surface area contributed by atoms with Crippen LogP contribution in [0, 0.1) is 6.92 Å². The van der Waals surface area contributed by atoms with E-state index in [1.165, 1.54) is 0 Å². The van der Waals surface area contributed by atoms with Gasteiger partial charge in [-0.1, -0.05) is 18.2 Å². The van der Waals surface area contributed by atoms with Gasteiger partial charge in [0.15, 0.2) is 0 Å². The third kappa shape index (κ3) is 4.40. The number of anilines is 1. The lowest BCUT2D eigenvalue weighted by Crippen LogP contribution is -2.23. The van der Waals surface area contributed by atoms with Crippen molar-refractivity contribution in [3.63, 3.8) is 0 Å². The highest BCUT2D eigenvalue weighted by atomic mass is 79.9. The molecule has 0 saturated carbocycles. The summed E-state index contributed by atoms with van der Waals surface area (Å²) in [4.78, 5) is 28.2. The van der Waals surface area contributed by atoms with Gasteiger partial charge in [0, 0.05) is 29.1 Å². The van der Waals surface area contributed by atoms with Crippen LogP contribution in [0.2, 0.25) is 0 Å². The van der Waals surface area contributed by atoms with Gasteiger partial charge in [0.05, 0.1) is 6.54 Å². The zero-order chi connectivity index (χ0) is 19.7. The molecule has 29 heavy (non-hydrogen) atoms. The second-order valence-electron chi connectivity index (χ2n) is 6.98. The topological polar surface area (TPSA) is 84.2 Å². The minimum absolute atomic E-state index is 0. The summed E-state index contributed by atoms with van der Waals surface area (Å²) < 4.78 is 5.84. The maximum atomic E-state index is 12.5. The number of benzene rings is 1. The third-order valence-corrected chi connectivity index (χ3v) is 4.96. The number of carbonyl (C=O) groups is 2. The number of furan rings is 1. The first-order chi connectivity index (χ1) is 13.5. The van der Waals surface area contributed by atoms with Crippen LogP contribution in [0.5, 0.6) is 0 Å². The minimum Gasteiger partial charge on any atom is -0.459 e. The van der Waals surface area contributed by atoms with Crippen molar-refractivity contribution in [2.24, 2.45) is 0 Å². The van der Waals surface area contributed by atoms with Crippen LogP contribution >= 0.6 is 17.0 Å². The van der Waals surface area contributed by atoms with Gasteiger partial charge in [0.1, 0.15) is 17.2 Å². The second kappa shape index (κ2) is 8.61. The Balaban J connectivity index is 0.00000240. The molecule has 1 aliphatic rings. The molecule has 7 heteroatoms. The molecule has 0 bridgehead atoms. The van der Waals surface area contributed by atoms with Crippen molar-refractivity contribution in [1.82, 2.24) is 10.3 Å². The number of nitrogens with one attached hydrogen (secondary N) is 2. The molecule has 0 aliphatic carbocycles. The Hall–Kier alpha value is -2.93. The van der Waals surface area contributed by atoms with E-state index in [0.717, 1.165) is 33.4 Å². The molecule has 0 spiro atoms. The Morgan fingerprint density at radius 2 is 2.10 bits per heavy atom. The molecular formula is C22H22BrN3O3. The smallest absolute Gasteiger partial charge is 0.247 e. The van der Waals surface area contributed by atoms with Gasteiger partial charge >= 0.3 is 0 Å². The number of carbonyl (C=O) groups excluding carboxylic acids is 2. The zero-order valence-electron chi connectivity index (χ0n) is 16.2. The van der Waals surface area contributed by atoms with Crippen LogP contribution in [0.3, 0.4) is 0 Å². The molecule has 1 aliphatic heterocycles. The number of fused-ring (bicyclic) bond motifs is 2. The molecule has 0 atom stereocenters. The van der Waals surface area contributed by atoms with Crippen LogP contribution in [0.4, 0.5) is 5.82 Å². The number of nitrogens with zero attached hydrogens (tertiary/aromatic N) is 1. The molecular weight excluding hydrogens is 434 g/mol. The maximum absolute atomic E-state index is 12.5. The Morgan fingerprint density at radius 1 is 1.31 bits per heavy atom. The van der Waals surface area contributed by atoms with Gasteiger partial charge in [0.25, 0.3) is 0 Å². The van der Waals surface area contributed by atoms with Gasteiger partial charge in [0.2, 0.25) is 11.8 Å². The van der Waals surface area contributed by atoms with Gasteiger partial charge in [-0.2, -0.15) is 0 Å². The maximum Gasteiger partial charge on any atom is 0.247 e. The molecule has 2 aromatic heterocycles. The van der Waals surface area contributed by atoms with Gasteiger partial charge in [-0.3, -0.25) is 9.59 Å². The lowest BCUT2D eigenvalue weighted by molar-refractivity contribution is -0.118. The predicted molar refractivity (Wildman–Crippen MR) is 118 cm³/mol. The standard InChI is InChI=1S/C22H21N3O3.BrH/c1-13(9-15-10-16-7-8-20(26)25-21(16)23-11-15)22(27)24-12-19-14(2)17-5-3-4-6-18(17)28-19;/h3-6,9-11H,7-8,12H2,1-2H3,(H,24,27)(H,23,25,26);1H. The molecule has 4 rings (SSSR count). The minimum atomic E-state index is -0.161. The van der Waals surface area contributed by atoms with E-state index in [4.69, 9.17) is 4.42 Å². The van der Waals surface area contributed by atoms with Crippen molar-refractivity contribution in [2.45, 2.75) is 33.2 Å². The fourth-order valence-electron chi connectivity index (χ4n) is 3.36. The average Bonchev–Trinajstić information content (AvgIpc) is 3.02. The molecule has 150 valence electrons. The van der Waals surface area contributed by atoms with E-state index < -0.39 is 0 Å². The van der Waals surface area contributed by atoms with Crippen LogP contribution in [0.25, 0.3) is 17.0 Å². The first-order valence-electron chi connectivity index (χ1n) is 9.23. The lowest BCUT2D eigenvalue weighted by Gasteiger charge is -2.15. The summed E-state index contributed by atoms with van der Waals surface area (Å²) in [5, 5.41) is 6.73. The van der Waals surface area contributed by atoms with Gasteiger partial charge in [-0.15, -0.1) is 17.0 Å². The van der Waals surface area contributed by atoms with E-state index in [2.05, 4.69) is 15.6 Å². The summed E-state index contributed by atoms with van der Waals surface area (Å²) in [6.45, 7) is 4.09. The molecule has 3 aromatic rings. The summed E-state index contributed by atoms with van der Waals surface area (Å²) in [5.74, 6) is 1.19. The van der Waals surface area contributed by atoms with Crippen molar-refractivity contribution >= 4 is 51.7 Å². The van der Waals surface area contributed by atoms with Crippen molar-refractivity contribution in [2.75, 3.05) is 5.32 Å². The van der Waals surface area contributed by atoms with E-state index in [9.17, 15) is 9.59 Å². The molecule has 6 nitrogen and oxygen atoms in total. The number of rotatable bonds is 4. The Morgan fingerprint density at radius 3 is 2.90 bits per heavy atom. The van der Waals surface area contributed by atoms with Gasteiger partial charge < -0.3 is 15.1 Å². The van der Waals surface area contributed by atoms with Crippen molar-refractivity contribution in [3.05, 3.63) is 64.6 Å². The van der Waals surface area contributed by atoms with Gasteiger partial charge in [-0.25, -0.2) is 4.98 Å². The van der Waals surface area contributed by atoms with Crippen LogP contribution in [-0.2, 0) is 22.6 Å². The molecule has 1 aromatic carbocycles. The number of pyridine rings is 1. The Bertz CT molecular complexity index is 1120. The largest absolute Gasteiger partial charge is 0.459 e. The van der Waals surface area contributed by atoms with Crippen LogP contribution in [-0.4, -0.2) is 16.8 Å². The molecule has 0 fully saturated rings. The number of hydrogen-bond donors (Lipinski definition) is 2. The molecule has 0 radical (unpaired) electrons. The Kier molecular flexibility index (Phi) is 6.17. The molecule has 2 N–H and O–H groups in total. The summed E-state index contributed by atoms with van der Waals surface area (Å²) in [6, 6.07) is 9.79. The number of para-hydroxylation sites is 1. The van der Waals surface area contributed by atoms with Crippen LogP contribution in [0.1, 0.15) is 35.8 Å². The van der Waals surface area contributed by atoms with Crippen LogP contribution < -0.4 is 10.6 Å². The molecule has 2 amide bonds. The fraction of sp³-hybridized carbons (Fsp3) is 0.227. The van der Waals surface area contributed by atoms with E-state index in [0.29, 0.717) is 30.8 Å². The SMILES string of the molecule is Br.CC(=Cc1cnc2c(c1)CCC(=O)N2)C(=O)NCc1oc2ccccc2c1C. The molecule has 0 unspecified atom stereocenters. The number of hydrogen-bond acceptors (Lipinski definition) is 4. The highest BCUT2D eigenvalue weighted by Crippen LogP contribution is 2.25. The van der Waals surface area contributed by atoms with E-state index in [1.54, 1.807) is 19.2 Å². The van der Waals surface area contributed by atoms with E-state index in [1.807, 2.05) is 37.3 Å². The van der Waals surface area contributed by atoms with E-state index in [-0.39, 0.29) is 28.8 Å². The summed E-state index contributed by atoms with van der Waals surface area (Å²) in [6.07, 6.45) is 4.57. The highest BCUT2D eigenvalue weighted by Gasteiger charge is 2.16. The number of aromatic nitrogens is 1. The average molecular weight is 456 g/mol. The zero-order valence-corrected chi connectivity index (χ0v) is 18.0. The number of amides is 2.